The Balaban J connectivity index is 2.76. The molecule has 0 aliphatic heterocycles. The third-order valence-corrected chi connectivity index (χ3v) is 2.80. The highest BCUT2D eigenvalue weighted by Crippen LogP contribution is 2.22. The second-order valence-electron chi connectivity index (χ2n) is 3.33. The molecule has 1 aromatic carbocycles. The van der Waals surface area contributed by atoms with Gasteiger partial charge in [0.1, 0.15) is 6.04 Å². The zero-order chi connectivity index (χ0) is 13.0. The third kappa shape index (κ3) is 3.59. The first-order valence-corrected chi connectivity index (χ1v) is 5.47. The van der Waals surface area contributed by atoms with Crippen LogP contribution in [0.4, 0.5) is 0 Å². The van der Waals surface area contributed by atoms with Crippen molar-refractivity contribution in [3.63, 3.8) is 0 Å². The summed E-state index contributed by atoms with van der Waals surface area (Å²) in [5, 5.41) is 3.09. The van der Waals surface area contributed by atoms with E-state index in [9.17, 15) is 9.59 Å². The summed E-state index contributed by atoms with van der Waals surface area (Å²) >= 11 is 11.5. The van der Waals surface area contributed by atoms with Crippen molar-refractivity contribution in [3.8, 4) is 0 Å². The van der Waals surface area contributed by atoms with Crippen LogP contribution in [-0.2, 0) is 4.79 Å². The average molecular weight is 276 g/mol. The zero-order valence-corrected chi connectivity index (χ0v) is 10.5. The van der Waals surface area contributed by atoms with Crippen LogP contribution in [0.25, 0.3) is 0 Å². The van der Waals surface area contributed by atoms with Gasteiger partial charge in [-0.3, -0.25) is 15.0 Å². The van der Waals surface area contributed by atoms with E-state index in [-0.39, 0.29) is 5.02 Å². The fraction of sp³-hybridized carbons (Fsp3) is 0.200. The fourth-order valence-corrected chi connectivity index (χ4v) is 1.41. The van der Waals surface area contributed by atoms with E-state index in [0.29, 0.717) is 10.6 Å². The molecule has 0 spiro atoms. The Bertz CT molecular complexity index is 451. The molecule has 0 radical (unpaired) electrons. The molecule has 1 aromatic rings. The van der Waals surface area contributed by atoms with Crippen molar-refractivity contribution in [1.82, 2.24) is 10.7 Å². The average Bonchev–Trinajstić information content (AvgIpc) is 2.31. The first kappa shape index (κ1) is 13.8. The van der Waals surface area contributed by atoms with E-state index in [1.54, 1.807) is 0 Å². The van der Waals surface area contributed by atoms with E-state index in [1.165, 1.54) is 25.1 Å². The number of carbonyl (C=O) groups excluding carboxylic acids is 2. The number of amides is 2. The maximum absolute atomic E-state index is 11.7. The van der Waals surface area contributed by atoms with E-state index in [1.807, 2.05) is 5.43 Å². The molecule has 17 heavy (non-hydrogen) atoms. The molecular formula is C10H11Cl2N3O2. The monoisotopic (exact) mass is 275 g/mol. The van der Waals surface area contributed by atoms with E-state index in [0.717, 1.165) is 0 Å². The number of hydrogen-bond acceptors (Lipinski definition) is 3. The summed E-state index contributed by atoms with van der Waals surface area (Å²) < 4.78 is 0. The molecule has 1 atom stereocenters. The van der Waals surface area contributed by atoms with Crippen molar-refractivity contribution in [2.24, 2.45) is 5.84 Å². The summed E-state index contributed by atoms with van der Waals surface area (Å²) in [6.45, 7) is 1.51. The van der Waals surface area contributed by atoms with Crippen LogP contribution in [0.3, 0.4) is 0 Å². The number of hydrazine groups is 1. The molecule has 0 aliphatic rings. The van der Waals surface area contributed by atoms with Gasteiger partial charge in [-0.05, 0) is 25.1 Å². The number of rotatable bonds is 3. The number of benzene rings is 1. The Morgan fingerprint density at radius 3 is 2.47 bits per heavy atom. The number of halogens is 2. The Labute approximate surface area is 108 Å². The second-order valence-corrected chi connectivity index (χ2v) is 4.15. The van der Waals surface area contributed by atoms with Crippen molar-refractivity contribution in [1.29, 1.82) is 0 Å². The SMILES string of the molecule is C[C@H](NC(=O)c1ccc(Cl)c(Cl)c1)C(=O)NN. The van der Waals surface area contributed by atoms with Crippen molar-refractivity contribution in [2.45, 2.75) is 13.0 Å². The van der Waals surface area contributed by atoms with E-state index >= 15 is 0 Å². The number of carbonyl (C=O) groups is 2. The molecule has 5 nitrogen and oxygen atoms in total. The van der Waals surface area contributed by atoms with Gasteiger partial charge in [-0.25, -0.2) is 5.84 Å². The zero-order valence-electron chi connectivity index (χ0n) is 8.96. The molecule has 4 N–H and O–H groups in total. The van der Waals surface area contributed by atoms with Gasteiger partial charge < -0.3 is 5.32 Å². The standard InChI is InChI=1S/C10H11Cl2N3O2/c1-5(9(16)15-13)14-10(17)6-2-3-7(11)8(12)4-6/h2-5H,13H2,1H3,(H,14,17)(H,15,16)/t5-/m0/s1. The maximum Gasteiger partial charge on any atom is 0.256 e. The summed E-state index contributed by atoms with van der Waals surface area (Å²) in [5.41, 5.74) is 2.26. The summed E-state index contributed by atoms with van der Waals surface area (Å²) in [6, 6.07) is 3.71. The van der Waals surface area contributed by atoms with Crippen LogP contribution in [0, 0.1) is 0 Å². The molecule has 0 unspecified atom stereocenters. The molecule has 2 amide bonds. The van der Waals surface area contributed by atoms with Crippen LogP contribution in [0.1, 0.15) is 17.3 Å². The normalized spacial score (nSPS) is 11.8. The molecule has 0 aromatic heterocycles. The van der Waals surface area contributed by atoms with Crippen LogP contribution >= 0.6 is 23.2 Å². The molecule has 0 heterocycles. The lowest BCUT2D eigenvalue weighted by atomic mass is 10.2. The smallest absolute Gasteiger partial charge is 0.256 e. The van der Waals surface area contributed by atoms with Gasteiger partial charge in [0.2, 0.25) is 0 Å². The molecule has 0 fully saturated rings. The maximum atomic E-state index is 11.7. The van der Waals surface area contributed by atoms with Crippen LogP contribution in [-0.4, -0.2) is 17.9 Å². The minimum atomic E-state index is -0.734. The third-order valence-electron chi connectivity index (χ3n) is 2.06. The topological polar surface area (TPSA) is 84.2 Å². The fourth-order valence-electron chi connectivity index (χ4n) is 1.11. The molecule has 0 bridgehead atoms. The van der Waals surface area contributed by atoms with Crippen LogP contribution in [0.2, 0.25) is 10.0 Å². The predicted molar refractivity (Wildman–Crippen MR) is 65.7 cm³/mol. The molecule has 92 valence electrons. The van der Waals surface area contributed by atoms with Gasteiger partial charge in [0.25, 0.3) is 11.8 Å². The van der Waals surface area contributed by atoms with E-state index in [4.69, 9.17) is 29.0 Å². The summed E-state index contributed by atoms with van der Waals surface area (Å²) in [4.78, 5) is 22.8. The first-order valence-electron chi connectivity index (χ1n) is 4.72. The summed E-state index contributed by atoms with van der Waals surface area (Å²) in [6.07, 6.45) is 0. The van der Waals surface area contributed by atoms with Crippen molar-refractivity contribution < 1.29 is 9.59 Å². The Morgan fingerprint density at radius 2 is 1.94 bits per heavy atom. The van der Waals surface area contributed by atoms with E-state index in [2.05, 4.69) is 5.32 Å². The molecule has 0 aliphatic carbocycles. The van der Waals surface area contributed by atoms with Crippen LogP contribution < -0.4 is 16.6 Å². The molecule has 0 saturated carbocycles. The first-order chi connectivity index (χ1) is 7.95. The second kappa shape index (κ2) is 5.86. The highest BCUT2D eigenvalue weighted by atomic mass is 35.5. The number of nitrogens with two attached hydrogens (primary N) is 1. The molecular weight excluding hydrogens is 265 g/mol. The van der Waals surface area contributed by atoms with Crippen molar-refractivity contribution in [3.05, 3.63) is 33.8 Å². The van der Waals surface area contributed by atoms with Crippen molar-refractivity contribution >= 4 is 35.0 Å². The largest absolute Gasteiger partial charge is 0.340 e. The van der Waals surface area contributed by atoms with Gasteiger partial charge in [0.05, 0.1) is 10.0 Å². The van der Waals surface area contributed by atoms with Crippen molar-refractivity contribution in [2.75, 3.05) is 0 Å². The highest BCUT2D eigenvalue weighted by Gasteiger charge is 2.15. The van der Waals surface area contributed by atoms with E-state index < -0.39 is 17.9 Å². The number of nitrogens with one attached hydrogen (secondary N) is 2. The Hall–Kier alpha value is -1.30. The van der Waals surface area contributed by atoms with Crippen LogP contribution in [0.5, 0.6) is 0 Å². The van der Waals surface area contributed by atoms with Crippen LogP contribution in [0.15, 0.2) is 18.2 Å². The molecule has 0 saturated heterocycles. The van der Waals surface area contributed by atoms with Gasteiger partial charge >= 0.3 is 0 Å². The minimum Gasteiger partial charge on any atom is -0.340 e. The Morgan fingerprint density at radius 1 is 1.29 bits per heavy atom. The number of hydrogen-bond donors (Lipinski definition) is 3. The Kier molecular flexibility index (Phi) is 4.74. The summed E-state index contributed by atoms with van der Waals surface area (Å²) in [5.74, 6) is 4.02. The summed E-state index contributed by atoms with van der Waals surface area (Å²) in [7, 11) is 0. The van der Waals surface area contributed by atoms with Gasteiger partial charge in [-0.1, -0.05) is 23.2 Å². The predicted octanol–water partition coefficient (Wildman–Crippen LogP) is 1.10. The lowest BCUT2D eigenvalue weighted by molar-refractivity contribution is -0.122. The molecule has 1 rings (SSSR count). The lowest BCUT2D eigenvalue weighted by Gasteiger charge is -2.12. The lowest BCUT2D eigenvalue weighted by Crippen LogP contribution is -2.47. The van der Waals surface area contributed by atoms with Gasteiger partial charge in [-0.2, -0.15) is 0 Å². The van der Waals surface area contributed by atoms with Gasteiger partial charge in [-0.15, -0.1) is 0 Å². The minimum absolute atomic E-state index is 0.273. The quantitative estimate of drug-likeness (QED) is 0.439. The van der Waals surface area contributed by atoms with Gasteiger partial charge in [0, 0.05) is 5.56 Å². The van der Waals surface area contributed by atoms with Gasteiger partial charge in [0.15, 0.2) is 0 Å². The molecule has 7 heteroatoms. The highest BCUT2D eigenvalue weighted by molar-refractivity contribution is 6.42.